The average molecular weight is 287 g/mol. The van der Waals surface area contributed by atoms with Crippen molar-refractivity contribution in [3.05, 3.63) is 16.9 Å². The van der Waals surface area contributed by atoms with Gasteiger partial charge in [-0.2, -0.15) is 5.10 Å². The summed E-state index contributed by atoms with van der Waals surface area (Å²) in [6, 6.07) is 0.150. The molecule has 0 fully saturated rings. The van der Waals surface area contributed by atoms with Gasteiger partial charge >= 0.3 is 0 Å². The van der Waals surface area contributed by atoms with E-state index in [1.165, 1.54) is 0 Å². The third-order valence-electron chi connectivity index (χ3n) is 4.32. The first-order valence-electron chi connectivity index (χ1n) is 7.05. The van der Waals surface area contributed by atoms with Gasteiger partial charge in [0.25, 0.3) is 0 Å². The molecule has 4 nitrogen and oxygen atoms in total. The Labute approximate surface area is 122 Å². The highest BCUT2D eigenvalue weighted by Gasteiger charge is 2.39. The summed E-state index contributed by atoms with van der Waals surface area (Å²) >= 11 is 6.33. The molecule has 1 N–H and O–H groups in total. The second-order valence-corrected chi connectivity index (χ2v) is 5.51. The van der Waals surface area contributed by atoms with E-state index in [1.54, 1.807) is 6.20 Å². The van der Waals surface area contributed by atoms with Gasteiger partial charge in [-0.25, -0.2) is 0 Å². The Balaban J connectivity index is 3.26. The Morgan fingerprint density at radius 3 is 2.32 bits per heavy atom. The monoisotopic (exact) mass is 286 g/mol. The van der Waals surface area contributed by atoms with E-state index < -0.39 is 0 Å². The number of likely N-dealkylation sites (N-methyl/N-ethyl adjacent to an activating group) is 2. The number of hydrogen-bond donors (Lipinski definition) is 1. The Morgan fingerprint density at radius 1 is 1.42 bits per heavy atom. The maximum Gasteiger partial charge on any atom is 0.0834 e. The molecule has 1 aromatic heterocycles. The van der Waals surface area contributed by atoms with E-state index in [4.69, 9.17) is 11.6 Å². The molecule has 19 heavy (non-hydrogen) atoms. The molecule has 0 saturated carbocycles. The second kappa shape index (κ2) is 6.73. The van der Waals surface area contributed by atoms with Crippen LogP contribution >= 0.6 is 11.6 Å². The first-order valence-corrected chi connectivity index (χ1v) is 7.43. The number of halogens is 1. The predicted molar refractivity (Wildman–Crippen MR) is 81.6 cm³/mol. The van der Waals surface area contributed by atoms with E-state index in [0.717, 1.165) is 30.2 Å². The molecule has 0 amide bonds. The number of nitrogens with zero attached hydrogens (tertiary/aromatic N) is 3. The molecule has 5 heteroatoms. The van der Waals surface area contributed by atoms with Crippen LogP contribution in [-0.4, -0.2) is 40.4 Å². The first-order chi connectivity index (χ1) is 8.96. The fraction of sp³-hybridized carbons (Fsp3) is 0.786. The quantitative estimate of drug-likeness (QED) is 0.837. The van der Waals surface area contributed by atoms with Crippen molar-refractivity contribution in [2.24, 2.45) is 7.05 Å². The lowest BCUT2D eigenvalue weighted by Crippen LogP contribution is -2.54. The van der Waals surface area contributed by atoms with Gasteiger partial charge in [0.05, 0.1) is 23.0 Å². The van der Waals surface area contributed by atoms with Crippen molar-refractivity contribution in [3.8, 4) is 0 Å². The van der Waals surface area contributed by atoms with Crippen molar-refractivity contribution in [3.63, 3.8) is 0 Å². The zero-order valence-corrected chi connectivity index (χ0v) is 13.8. The van der Waals surface area contributed by atoms with E-state index in [0.29, 0.717) is 0 Å². The Morgan fingerprint density at radius 2 is 2.00 bits per heavy atom. The molecule has 1 aromatic rings. The van der Waals surface area contributed by atoms with Crippen LogP contribution in [-0.2, 0) is 7.05 Å². The van der Waals surface area contributed by atoms with Gasteiger partial charge in [-0.05, 0) is 33.5 Å². The van der Waals surface area contributed by atoms with Crippen LogP contribution in [0.5, 0.6) is 0 Å². The minimum Gasteiger partial charge on any atom is -0.310 e. The van der Waals surface area contributed by atoms with E-state index in [9.17, 15) is 0 Å². The zero-order valence-electron chi connectivity index (χ0n) is 13.0. The summed E-state index contributed by atoms with van der Waals surface area (Å²) in [6.07, 6.45) is 2.77. The largest absolute Gasteiger partial charge is 0.310 e. The van der Waals surface area contributed by atoms with E-state index >= 15 is 0 Å². The molecule has 2 atom stereocenters. The van der Waals surface area contributed by atoms with Crippen LogP contribution in [0.1, 0.15) is 45.9 Å². The van der Waals surface area contributed by atoms with Crippen LogP contribution in [0, 0.1) is 0 Å². The van der Waals surface area contributed by atoms with Crippen LogP contribution in [0.4, 0.5) is 0 Å². The normalized spacial score (nSPS) is 16.6. The predicted octanol–water partition coefficient (Wildman–Crippen LogP) is 2.84. The lowest BCUT2D eigenvalue weighted by molar-refractivity contribution is 0.0698. The minimum atomic E-state index is 0.00961. The number of hydrogen-bond acceptors (Lipinski definition) is 3. The summed E-state index contributed by atoms with van der Waals surface area (Å²) in [6.45, 7) is 11.0. The maximum absolute atomic E-state index is 6.33. The molecule has 0 aliphatic carbocycles. The molecule has 0 aliphatic rings. The van der Waals surface area contributed by atoms with E-state index in [1.807, 2.05) is 18.8 Å². The third-order valence-corrected chi connectivity index (χ3v) is 4.61. The average Bonchev–Trinajstić information content (AvgIpc) is 2.73. The van der Waals surface area contributed by atoms with Gasteiger partial charge in [0, 0.05) is 12.6 Å². The highest BCUT2D eigenvalue weighted by atomic mass is 35.5. The van der Waals surface area contributed by atoms with Crippen LogP contribution < -0.4 is 5.32 Å². The molecule has 0 aromatic carbocycles. The van der Waals surface area contributed by atoms with Crippen LogP contribution in [0.3, 0.4) is 0 Å². The Kier molecular flexibility index (Phi) is 5.83. The summed E-state index contributed by atoms with van der Waals surface area (Å²) in [7, 11) is 3.94. The molecule has 0 bridgehead atoms. The Hall–Kier alpha value is -0.580. The van der Waals surface area contributed by atoms with Gasteiger partial charge in [-0.15, -0.1) is 0 Å². The minimum absolute atomic E-state index is 0.00961. The second-order valence-electron chi connectivity index (χ2n) is 5.11. The Bertz CT molecular complexity index is 381. The molecular weight excluding hydrogens is 260 g/mol. The first kappa shape index (κ1) is 16.5. The van der Waals surface area contributed by atoms with Crippen LogP contribution in [0.2, 0.25) is 5.02 Å². The van der Waals surface area contributed by atoms with Crippen molar-refractivity contribution in [2.75, 3.05) is 20.1 Å². The number of nitrogens with one attached hydrogen (secondary N) is 1. The van der Waals surface area contributed by atoms with Crippen LogP contribution in [0.25, 0.3) is 0 Å². The van der Waals surface area contributed by atoms with Gasteiger partial charge < -0.3 is 5.32 Å². The maximum atomic E-state index is 6.33. The van der Waals surface area contributed by atoms with Crippen molar-refractivity contribution in [1.29, 1.82) is 0 Å². The van der Waals surface area contributed by atoms with Crippen molar-refractivity contribution >= 4 is 11.6 Å². The van der Waals surface area contributed by atoms with Gasteiger partial charge in [0.1, 0.15) is 0 Å². The van der Waals surface area contributed by atoms with Crippen molar-refractivity contribution in [1.82, 2.24) is 20.0 Å². The molecule has 1 rings (SSSR count). The molecule has 2 unspecified atom stereocenters. The zero-order chi connectivity index (χ0) is 14.6. The molecule has 0 aliphatic heterocycles. The van der Waals surface area contributed by atoms with Crippen LogP contribution in [0.15, 0.2) is 6.20 Å². The summed E-state index contributed by atoms with van der Waals surface area (Å²) in [5.74, 6) is 0. The van der Waals surface area contributed by atoms with E-state index in [2.05, 4.69) is 43.0 Å². The number of rotatable bonds is 7. The topological polar surface area (TPSA) is 33.1 Å². The molecule has 110 valence electrons. The lowest BCUT2D eigenvalue weighted by atomic mass is 9.85. The SMILES string of the molecule is CCN(CC)C(C)(CC)C(NC)c1c(Cl)cnn1C. The van der Waals surface area contributed by atoms with Gasteiger partial charge in [-0.3, -0.25) is 9.58 Å². The third kappa shape index (κ3) is 2.96. The van der Waals surface area contributed by atoms with Gasteiger partial charge in [0.15, 0.2) is 0 Å². The standard InChI is InChI=1S/C14H27ClN4/c1-7-14(4,19(8-2)9-3)13(16-5)12-11(15)10-17-18(12)6/h10,13,16H,7-9H2,1-6H3. The van der Waals surface area contributed by atoms with E-state index in [-0.39, 0.29) is 11.6 Å². The van der Waals surface area contributed by atoms with Crippen molar-refractivity contribution < 1.29 is 0 Å². The summed E-state index contributed by atoms with van der Waals surface area (Å²) in [5, 5.41) is 8.44. The highest BCUT2D eigenvalue weighted by Crippen LogP contribution is 2.36. The molecular formula is C14H27ClN4. The van der Waals surface area contributed by atoms with Gasteiger partial charge in [-0.1, -0.05) is 32.4 Å². The smallest absolute Gasteiger partial charge is 0.0834 e. The lowest BCUT2D eigenvalue weighted by Gasteiger charge is -2.45. The molecule has 0 saturated heterocycles. The molecule has 0 radical (unpaired) electrons. The number of aryl methyl sites for hydroxylation is 1. The molecule has 0 spiro atoms. The van der Waals surface area contributed by atoms with Crippen molar-refractivity contribution in [2.45, 2.75) is 45.7 Å². The fourth-order valence-electron chi connectivity index (χ4n) is 3.04. The summed E-state index contributed by atoms with van der Waals surface area (Å²) < 4.78 is 1.88. The fourth-order valence-corrected chi connectivity index (χ4v) is 3.32. The highest BCUT2D eigenvalue weighted by molar-refractivity contribution is 6.31. The summed E-state index contributed by atoms with van der Waals surface area (Å²) in [5.41, 5.74) is 1.07. The molecule has 1 heterocycles. The number of aromatic nitrogens is 2. The van der Waals surface area contributed by atoms with Gasteiger partial charge in [0.2, 0.25) is 0 Å². The summed E-state index contributed by atoms with van der Waals surface area (Å²) in [4.78, 5) is 2.48.